The van der Waals surface area contributed by atoms with Crippen LogP contribution in [0.2, 0.25) is 10.0 Å². The van der Waals surface area contributed by atoms with Gasteiger partial charge >= 0.3 is 0 Å². The zero-order chi connectivity index (χ0) is 15.4. The van der Waals surface area contributed by atoms with Crippen molar-refractivity contribution in [2.45, 2.75) is 18.9 Å². The van der Waals surface area contributed by atoms with Crippen molar-refractivity contribution >= 4 is 23.2 Å². The Hall–Kier alpha value is -1.20. The van der Waals surface area contributed by atoms with Crippen LogP contribution in [-0.2, 0) is 12.8 Å². The Bertz CT molecular complexity index is 582. The summed E-state index contributed by atoms with van der Waals surface area (Å²) in [6.07, 6.45) is 1.01. The van der Waals surface area contributed by atoms with Crippen LogP contribution in [0.25, 0.3) is 0 Å². The predicted molar refractivity (Wildman–Crippen MR) is 81.3 cm³/mol. The number of halogens is 4. The SMILES string of the molecule is NNC(Cc1ccc(F)cc1Cl)Cc1ccc(F)cc1Cl. The minimum Gasteiger partial charge on any atom is -0.271 e. The molecule has 0 aliphatic rings. The molecule has 0 radical (unpaired) electrons. The summed E-state index contributed by atoms with van der Waals surface area (Å²) < 4.78 is 26.1. The molecule has 0 fully saturated rings. The Morgan fingerprint density at radius 2 is 1.33 bits per heavy atom. The molecule has 0 spiro atoms. The molecule has 2 aromatic carbocycles. The first-order valence-electron chi connectivity index (χ1n) is 6.33. The molecule has 3 N–H and O–H groups in total. The van der Waals surface area contributed by atoms with Crippen LogP contribution in [0, 0.1) is 11.6 Å². The molecular weight excluding hydrogens is 317 g/mol. The summed E-state index contributed by atoms with van der Waals surface area (Å²) in [4.78, 5) is 0. The van der Waals surface area contributed by atoms with Crippen molar-refractivity contribution in [3.8, 4) is 0 Å². The second kappa shape index (κ2) is 7.18. The lowest BCUT2D eigenvalue weighted by molar-refractivity contribution is 0.521. The maximum absolute atomic E-state index is 13.0. The van der Waals surface area contributed by atoms with Crippen LogP contribution >= 0.6 is 23.2 Å². The van der Waals surface area contributed by atoms with E-state index >= 15 is 0 Å². The van der Waals surface area contributed by atoms with E-state index in [1.165, 1.54) is 24.3 Å². The van der Waals surface area contributed by atoms with E-state index in [0.717, 1.165) is 11.1 Å². The van der Waals surface area contributed by atoms with Crippen LogP contribution in [0.4, 0.5) is 8.78 Å². The fraction of sp³-hybridized carbons (Fsp3) is 0.200. The highest BCUT2D eigenvalue weighted by Crippen LogP contribution is 2.22. The molecule has 0 aliphatic carbocycles. The molecule has 0 unspecified atom stereocenters. The molecule has 2 rings (SSSR count). The molecule has 0 atom stereocenters. The van der Waals surface area contributed by atoms with Gasteiger partial charge in [0.2, 0.25) is 0 Å². The molecular formula is C15H14Cl2F2N2. The van der Waals surface area contributed by atoms with Crippen molar-refractivity contribution in [3.05, 3.63) is 69.2 Å². The molecule has 6 heteroatoms. The number of rotatable bonds is 5. The van der Waals surface area contributed by atoms with Gasteiger partial charge in [-0.15, -0.1) is 0 Å². The summed E-state index contributed by atoms with van der Waals surface area (Å²) in [7, 11) is 0. The van der Waals surface area contributed by atoms with Crippen molar-refractivity contribution in [3.63, 3.8) is 0 Å². The zero-order valence-corrected chi connectivity index (χ0v) is 12.6. The summed E-state index contributed by atoms with van der Waals surface area (Å²) in [5.74, 6) is 4.77. The van der Waals surface area contributed by atoms with Gasteiger partial charge in [0, 0.05) is 16.1 Å². The second-order valence-electron chi connectivity index (χ2n) is 4.74. The van der Waals surface area contributed by atoms with Gasteiger partial charge in [-0.25, -0.2) is 8.78 Å². The Morgan fingerprint density at radius 1 is 0.905 bits per heavy atom. The van der Waals surface area contributed by atoms with Gasteiger partial charge in [-0.1, -0.05) is 35.3 Å². The molecule has 0 aliphatic heterocycles. The number of hydrogen-bond acceptors (Lipinski definition) is 2. The molecule has 0 amide bonds. The van der Waals surface area contributed by atoms with E-state index in [2.05, 4.69) is 5.43 Å². The predicted octanol–water partition coefficient (Wildman–Crippen LogP) is 3.89. The Labute approximate surface area is 131 Å². The lowest BCUT2D eigenvalue weighted by atomic mass is 9.99. The van der Waals surface area contributed by atoms with Crippen molar-refractivity contribution in [2.75, 3.05) is 0 Å². The number of hydrogen-bond donors (Lipinski definition) is 2. The van der Waals surface area contributed by atoms with E-state index in [0.29, 0.717) is 22.9 Å². The normalized spacial score (nSPS) is 11.1. The molecule has 0 heterocycles. The molecule has 0 saturated carbocycles. The summed E-state index contributed by atoms with van der Waals surface area (Å²) in [5.41, 5.74) is 4.23. The van der Waals surface area contributed by atoms with Crippen molar-refractivity contribution in [1.29, 1.82) is 0 Å². The number of nitrogens with two attached hydrogens (primary N) is 1. The smallest absolute Gasteiger partial charge is 0.124 e. The Kier molecular flexibility index (Phi) is 5.53. The van der Waals surface area contributed by atoms with Crippen molar-refractivity contribution in [1.82, 2.24) is 5.43 Å². The summed E-state index contributed by atoms with van der Waals surface area (Å²) in [6.45, 7) is 0. The van der Waals surface area contributed by atoms with Gasteiger partial charge in [-0.05, 0) is 48.2 Å². The van der Waals surface area contributed by atoms with Gasteiger partial charge in [0.15, 0.2) is 0 Å². The van der Waals surface area contributed by atoms with Crippen LogP contribution in [0.15, 0.2) is 36.4 Å². The standard InChI is InChI=1S/C15H14Cl2F2N2/c16-14-7-11(18)3-1-9(14)5-13(21-20)6-10-2-4-12(19)8-15(10)17/h1-4,7-8,13,21H,5-6,20H2. The van der Waals surface area contributed by atoms with E-state index in [1.54, 1.807) is 12.1 Å². The van der Waals surface area contributed by atoms with Crippen molar-refractivity contribution in [2.24, 2.45) is 5.84 Å². The van der Waals surface area contributed by atoms with Crippen LogP contribution in [0.5, 0.6) is 0 Å². The summed E-state index contributed by atoms with van der Waals surface area (Å²) >= 11 is 12.0. The van der Waals surface area contributed by atoms with Gasteiger partial charge in [-0.2, -0.15) is 0 Å². The summed E-state index contributed by atoms with van der Waals surface area (Å²) in [5, 5.41) is 0.695. The van der Waals surface area contributed by atoms with Gasteiger partial charge < -0.3 is 0 Å². The number of benzene rings is 2. The first-order valence-corrected chi connectivity index (χ1v) is 7.09. The van der Waals surface area contributed by atoms with Crippen LogP contribution in [-0.4, -0.2) is 6.04 Å². The maximum atomic E-state index is 13.0. The third kappa shape index (κ3) is 4.38. The molecule has 21 heavy (non-hydrogen) atoms. The Balaban J connectivity index is 2.13. The summed E-state index contributed by atoms with van der Waals surface area (Å²) in [6, 6.07) is 8.29. The largest absolute Gasteiger partial charge is 0.271 e. The molecule has 2 aromatic rings. The number of nitrogens with one attached hydrogen (secondary N) is 1. The molecule has 0 aromatic heterocycles. The van der Waals surface area contributed by atoms with E-state index in [-0.39, 0.29) is 17.7 Å². The van der Waals surface area contributed by atoms with Gasteiger partial charge in [0.25, 0.3) is 0 Å². The average Bonchev–Trinajstić information content (AvgIpc) is 2.43. The molecule has 112 valence electrons. The first-order chi connectivity index (χ1) is 9.99. The van der Waals surface area contributed by atoms with E-state index < -0.39 is 0 Å². The molecule has 0 bridgehead atoms. The topological polar surface area (TPSA) is 38.0 Å². The lowest BCUT2D eigenvalue weighted by Crippen LogP contribution is -2.38. The Morgan fingerprint density at radius 3 is 1.67 bits per heavy atom. The highest BCUT2D eigenvalue weighted by atomic mass is 35.5. The second-order valence-corrected chi connectivity index (χ2v) is 5.56. The van der Waals surface area contributed by atoms with Crippen LogP contribution in [0.1, 0.15) is 11.1 Å². The highest BCUT2D eigenvalue weighted by molar-refractivity contribution is 6.31. The minimum absolute atomic E-state index is 0.157. The zero-order valence-electron chi connectivity index (χ0n) is 11.0. The minimum atomic E-state index is -0.386. The lowest BCUT2D eigenvalue weighted by Gasteiger charge is -2.17. The third-order valence-electron chi connectivity index (χ3n) is 3.20. The van der Waals surface area contributed by atoms with Crippen LogP contribution in [0.3, 0.4) is 0 Å². The fourth-order valence-electron chi connectivity index (χ4n) is 2.10. The third-order valence-corrected chi connectivity index (χ3v) is 3.90. The van der Waals surface area contributed by atoms with Gasteiger partial charge in [0.1, 0.15) is 11.6 Å². The van der Waals surface area contributed by atoms with E-state index in [9.17, 15) is 8.78 Å². The van der Waals surface area contributed by atoms with Crippen LogP contribution < -0.4 is 11.3 Å². The fourth-order valence-corrected chi connectivity index (χ4v) is 2.58. The van der Waals surface area contributed by atoms with Crippen molar-refractivity contribution < 1.29 is 8.78 Å². The quantitative estimate of drug-likeness (QED) is 0.644. The molecule has 2 nitrogen and oxygen atoms in total. The molecule has 0 saturated heterocycles. The van der Waals surface area contributed by atoms with E-state index in [4.69, 9.17) is 29.0 Å². The van der Waals surface area contributed by atoms with Gasteiger partial charge in [0.05, 0.1) is 0 Å². The highest BCUT2D eigenvalue weighted by Gasteiger charge is 2.14. The first kappa shape index (κ1) is 16.2. The maximum Gasteiger partial charge on any atom is 0.124 e. The number of hydrazine groups is 1. The van der Waals surface area contributed by atoms with Gasteiger partial charge in [-0.3, -0.25) is 11.3 Å². The monoisotopic (exact) mass is 330 g/mol. The van der Waals surface area contributed by atoms with E-state index in [1.807, 2.05) is 0 Å². The average molecular weight is 331 g/mol.